The van der Waals surface area contributed by atoms with Gasteiger partial charge in [0.1, 0.15) is 17.5 Å². The molecule has 1 saturated carbocycles. The number of hydrogen-bond donors (Lipinski definition) is 0. The van der Waals surface area contributed by atoms with Crippen molar-refractivity contribution in [3.8, 4) is 0 Å². The van der Waals surface area contributed by atoms with Crippen molar-refractivity contribution >= 4 is 18.0 Å². The van der Waals surface area contributed by atoms with Gasteiger partial charge in [-0.05, 0) is 25.7 Å². The first-order valence-electron chi connectivity index (χ1n) is 5.95. The van der Waals surface area contributed by atoms with Crippen LogP contribution in [0.4, 0.5) is 0 Å². The molecule has 0 aromatic heterocycles. The second kappa shape index (κ2) is 4.00. The summed E-state index contributed by atoms with van der Waals surface area (Å²) in [6, 6.07) is -0.297. The van der Waals surface area contributed by atoms with Crippen LogP contribution in [0.2, 0.25) is 0 Å². The van der Waals surface area contributed by atoms with Gasteiger partial charge in [-0.15, -0.1) is 0 Å². The molecule has 0 spiro atoms. The first kappa shape index (κ1) is 11.3. The molecule has 0 radical (unpaired) electrons. The molecule has 0 aromatic rings. The van der Waals surface area contributed by atoms with Crippen LogP contribution in [-0.4, -0.2) is 35.5 Å². The molecule has 4 heteroatoms. The number of aldehydes is 1. The van der Waals surface area contributed by atoms with Gasteiger partial charge in [-0.25, -0.2) is 0 Å². The van der Waals surface area contributed by atoms with Gasteiger partial charge < -0.3 is 9.69 Å². The quantitative estimate of drug-likeness (QED) is 0.526. The number of carbonyl (C=O) groups is 3. The van der Waals surface area contributed by atoms with Crippen LogP contribution in [0.25, 0.3) is 0 Å². The summed E-state index contributed by atoms with van der Waals surface area (Å²) in [6.45, 7) is 2.41. The highest BCUT2D eigenvalue weighted by Gasteiger charge is 2.57. The molecular weight excluding hydrogens is 206 g/mol. The number of amides is 1. The SMILES string of the molecule is CCC(=O)C1(C(=O)N2CCC[C@H]2C=O)CC1. The summed E-state index contributed by atoms with van der Waals surface area (Å²) in [5.41, 5.74) is -0.750. The second-order valence-corrected chi connectivity index (χ2v) is 4.70. The summed E-state index contributed by atoms with van der Waals surface area (Å²) >= 11 is 0. The van der Waals surface area contributed by atoms with E-state index in [1.165, 1.54) is 0 Å². The number of nitrogens with zero attached hydrogens (tertiary/aromatic N) is 1. The number of likely N-dealkylation sites (tertiary alicyclic amines) is 1. The van der Waals surface area contributed by atoms with Crippen molar-refractivity contribution in [2.75, 3.05) is 6.54 Å². The summed E-state index contributed by atoms with van der Waals surface area (Å²) < 4.78 is 0. The van der Waals surface area contributed by atoms with E-state index in [4.69, 9.17) is 0 Å². The first-order valence-corrected chi connectivity index (χ1v) is 5.95. The number of Topliss-reactive ketones (excluding diaryl/α,β-unsaturated/α-hetero) is 1. The number of ketones is 1. The van der Waals surface area contributed by atoms with Gasteiger partial charge in [0.2, 0.25) is 5.91 Å². The predicted octanol–water partition coefficient (Wildman–Crippen LogP) is 0.936. The highest BCUT2D eigenvalue weighted by Crippen LogP contribution is 2.49. The van der Waals surface area contributed by atoms with Crippen LogP contribution >= 0.6 is 0 Å². The lowest BCUT2D eigenvalue weighted by molar-refractivity contribution is -0.145. The lowest BCUT2D eigenvalue weighted by Gasteiger charge is -2.25. The van der Waals surface area contributed by atoms with Crippen molar-refractivity contribution in [2.24, 2.45) is 5.41 Å². The van der Waals surface area contributed by atoms with Crippen LogP contribution in [0.5, 0.6) is 0 Å². The van der Waals surface area contributed by atoms with E-state index in [-0.39, 0.29) is 17.7 Å². The predicted molar refractivity (Wildman–Crippen MR) is 57.8 cm³/mol. The van der Waals surface area contributed by atoms with E-state index in [1.54, 1.807) is 11.8 Å². The molecule has 1 heterocycles. The van der Waals surface area contributed by atoms with Crippen molar-refractivity contribution in [3.63, 3.8) is 0 Å². The Balaban J connectivity index is 2.13. The highest BCUT2D eigenvalue weighted by atomic mass is 16.2. The molecule has 1 aliphatic heterocycles. The van der Waals surface area contributed by atoms with Gasteiger partial charge in [-0.3, -0.25) is 9.59 Å². The molecule has 0 aromatic carbocycles. The molecular formula is C12H17NO3. The average Bonchev–Trinajstić information content (AvgIpc) is 2.98. The van der Waals surface area contributed by atoms with Crippen LogP contribution in [0, 0.1) is 5.41 Å². The lowest BCUT2D eigenvalue weighted by atomic mass is 9.97. The molecule has 1 saturated heterocycles. The minimum Gasteiger partial charge on any atom is -0.332 e. The average molecular weight is 223 g/mol. The lowest BCUT2D eigenvalue weighted by Crippen LogP contribution is -2.44. The summed E-state index contributed by atoms with van der Waals surface area (Å²) in [7, 11) is 0. The fourth-order valence-electron chi connectivity index (χ4n) is 2.54. The Bertz CT molecular complexity index is 333. The van der Waals surface area contributed by atoms with Gasteiger partial charge in [0.25, 0.3) is 0 Å². The zero-order valence-electron chi connectivity index (χ0n) is 9.57. The number of rotatable bonds is 4. The molecule has 0 bridgehead atoms. The van der Waals surface area contributed by atoms with Gasteiger partial charge in [0, 0.05) is 13.0 Å². The van der Waals surface area contributed by atoms with Crippen LogP contribution < -0.4 is 0 Å². The van der Waals surface area contributed by atoms with Crippen molar-refractivity contribution in [1.29, 1.82) is 0 Å². The van der Waals surface area contributed by atoms with Gasteiger partial charge >= 0.3 is 0 Å². The normalized spacial score (nSPS) is 26.6. The summed E-state index contributed by atoms with van der Waals surface area (Å²) in [4.78, 5) is 36.4. The summed E-state index contributed by atoms with van der Waals surface area (Å²) in [5.74, 6) is -0.0667. The first-order chi connectivity index (χ1) is 7.65. The Hall–Kier alpha value is -1.19. The highest BCUT2D eigenvalue weighted by molar-refractivity contribution is 6.09. The van der Waals surface area contributed by atoms with Crippen molar-refractivity contribution in [3.05, 3.63) is 0 Å². The summed E-state index contributed by atoms with van der Waals surface area (Å²) in [6.07, 6.45) is 4.18. The van der Waals surface area contributed by atoms with E-state index in [1.807, 2.05) is 0 Å². The maximum Gasteiger partial charge on any atom is 0.236 e. The topological polar surface area (TPSA) is 54.5 Å². The molecule has 4 nitrogen and oxygen atoms in total. The Morgan fingerprint density at radius 2 is 2.12 bits per heavy atom. The fraction of sp³-hybridized carbons (Fsp3) is 0.750. The molecule has 88 valence electrons. The molecule has 2 aliphatic rings. The van der Waals surface area contributed by atoms with Crippen molar-refractivity contribution in [1.82, 2.24) is 4.90 Å². The fourth-order valence-corrected chi connectivity index (χ4v) is 2.54. The van der Waals surface area contributed by atoms with E-state index in [0.29, 0.717) is 25.8 Å². The molecule has 2 fully saturated rings. The zero-order chi connectivity index (χ0) is 11.8. The Morgan fingerprint density at radius 3 is 2.62 bits per heavy atom. The molecule has 1 atom stereocenters. The van der Waals surface area contributed by atoms with Crippen LogP contribution in [0.15, 0.2) is 0 Å². The third kappa shape index (κ3) is 1.56. The summed E-state index contributed by atoms with van der Waals surface area (Å²) in [5, 5.41) is 0. The van der Waals surface area contributed by atoms with E-state index < -0.39 is 5.41 Å². The van der Waals surface area contributed by atoms with Gasteiger partial charge in [-0.2, -0.15) is 0 Å². The maximum atomic E-state index is 12.2. The van der Waals surface area contributed by atoms with Crippen LogP contribution in [0.1, 0.15) is 39.0 Å². The van der Waals surface area contributed by atoms with Crippen molar-refractivity contribution in [2.45, 2.75) is 45.1 Å². The van der Waals surface area contributed by atoms with E-state index in [2.05, 4.69) is 0 Å². The van der Waals surface area contributed by atoms with Crippen LogP contribution in [0.3, 0.4) is 0 Å². The smallest absolute Gasteiger partial charge is 0.236 e. The van der Waals surface area contributed by atoms with Gasteiger partial charge in [-0.1, -0.05) is 6.92 Å². The van der Waals surface area contributed by atoms with Crippen molar-refractivity contribution < 1.29 is 14.4 Å². The van der Waals surface area contributed by atoms with E-state index in [0.717, 1.165) is 19.1 Å². The van der Waals surface area contributed by atoms with Crippen LogP contribution in [-0.2, 0) is 14.4 Å². The van der Waals surface area contributed by atoms with Gasteiger partial charge in [0.15, 0.2) is 0 Å². The third-order valence-electron chi connectivity index (χ3n) is 3.73. The molecule has 0 N–H and O–H groups in total. The molecule has 1 aliphatic carbocycles. The minimum atomic E-state index is -0.750. The standard InChI is InChI=1S/C12H17NO3/c1-2-10(15)12(5-6-12)11(16)13-7-3-4-9(13)8-14/h8-9H,2-7H2,1H3/t9-/m0/s1. The third-order valence-corrected chi connectivity index (χ3v) is 3.73. The number of carbonyl (C=O) groups excluding carboxylic acids is 3. The molecule has 0 unspecified atom stereocenters. The monoisotopic (exact) mass is 223 g/mol. The minimum absolute atomic E-state index is 0.0362. The molecule has 16 heavy (non-hydrogen) atoms. The van der Waals surface area contributed by atoms with E-state index in [9.17, 15) is 14.4 Å². The largest absolute Gasteiger partial charge is 0.332 e. The number of hydrogen-bond acceptors (Lipinski definition) is 3. The Labute approximate surface area is 95.0 Å². The Morgan fingerprint density at radius 1 is 1.44 bits per heavy atom. The maximum absolute atomic E-state index is 12.2. The Kier molecular flexibility index (Phi) is 2.82. The molecule has 1 amide bonds. The molecule has 2 rings (SSSR count). The van der Waals surface area contributed by atoms with Gasteiger partial charge in [0.05, 0.1) is 6.04 Å². The van der Waals surface area contributed by atoms with E-state index >= 15 is 0 Å². The zero-order valence-corrected chi connectivity index (χ0v) is 9.57. The second-order valence-electron chi connectivity index (χ2n) is 4.70.